The van der Waals surface area contributed by atoms with Crippen LogP contribution in [0.2, 0.25) is 0 Å². The Hall–Kier alpha value is -1.31. The Balaban J connectivity index is 0.000000871. The van der Waals surface area contributed by atoms with Crippen LogP contribution in [0.1, 0.15) is 30.4 Å². The molecule has 5 rings (SSSR count). The molecule has 0 unspecified atom stereocenters. The summed E-state index contributed by atoms with van der Waals surface area (Å²) < 4.78 is 5.98. The quantitative estimate of drug-likeness (QED) is 0.706. The Morgan fingerprint density at radius 2 is 2.07 bits per heavy atom. The summed E-state index contributed by atoms with van der Waals surface area (Å²) in [4.78, 5) is 14.9. The largest absolute Gasteiger partial charge is 0.504 e. The molecule has 6 nitrogen and oxygen atoms in total. The monoisotopic (exact) mass is 417 g/mol. The highest BCUT2D eigenvalue weighted by atomic mass is 35.5. The summed E-state index contributed by atoms with van der Waals surface area (Å²) in [6.45, 7) is 5.36. The number of hydrogen-bond donors (Lipinski definition) is 2. The second kappa shape index (κ2) is 6.94. The van der Waals surface area contributed by atoms with E-state index in [4.69, 9.17) is 4.74 Å². The van der Waals surface area contributed by atoms with Crippen LogP contribution in [0.3, 0.4) is 0 Å². The highest BCUT2D eigenvalue weighted by molar-refractivity contribution is 5.90. The minimum atomic E-state index is -1.00. The summed E-state index contributed by atoms with van der Waals surface area (Å²) in [5.74, 6) is 0.528. The molecule has 2 aliphatic carbocycles. The fraction of sp³-hybridized carbons (Fsp3) is 0.526. The van der Waals surface area contributed by atoms with Crippen LogP contribution in [0.25, 0.3) is 0 Å². The third-order valence-corrected chi connectivity index (χ3v) is 6.73. The molecule has 2 aliphatic heterocycles. The Bertz CT molecular complexity index is 788. The molecule has 2 heterocycles. The molecular formula is C19H25Cl2NO5. The number of benzene rings is 1. The zero-order valence-electron chi connectivity index (χ0n) is 14.8. The number of hydrogen-bond acceptors (Lipinski definition) is 5. The number of likely N-dealkylation sites (tertiary alicyclic amines) is 1. The van der Waals surface area contributed by atoms with E-state index in [0.29, 0.717) is 31.4 Å². The summed E-state index contributed by atoms with van der Waals surface area (Å²) in [7, 11) is 0. The van der Waals surface area contributed by atoms with Crippen LogP contribution in [0.4, 0.5) is 0 Å². The maximum atomic E-state index is 12.6. The smallest absolute Gasteiger partial charge is 0.174 e. The fourth-order valence-electron chi connectivity index (χ4n) is 5.80. The predicted octanol–water partition coefficient (Wildman–Crippen LogP) is 1.32. The first kappa shape index (κ1) is 22.0. The zero-order valence-corrected chi connectivity index (χ0v) is 16.4. The van der Waals surface area contributed by atoms with Gasteiger partial charge in [-0.3, -0.25) is 9.69 Å². The van der Waals surface area contributed by atoms with Crippen molar-refractivity contribution in [3.8, 4) is 11.5 Å². The summed E-state index contributed by atoms with van der Waals surface area (Å²) in [6.07, 6.45) is 3.35. The number of phenols is 1. The number of ketones is 1. The van der Waals surface area contributed by atoms with Crippen molar-refractivity contribution in [2.24, 2.45) is 0 Å². The first-order chi connectivity index (χ1) is 11.5. The average molecular weight is 418 g/mol. The number of phenolic OH excluding ortho intramolecular Hbond substituents is 1. The Morgan fingerprint density at radius 3 is 2.78 bits per heavy atom. The van der Waals surface area contributed by atoms with E-state index in [1.807, 2.05) is 12.1 Å². The maximum Gasteiger partial charge on any atom is 0.174 e. The van der Waals surface area contributed by atoms with Gasteiger partial charge in [0.15, 0.2) is 23.4 Å². The van der Waals surface area contributed by atoms with Gasteiger partial charge in [-0.05, 0) is 30.9 Å². The minimum Gasteiger partial charge on any atom is -0.504 e. The molecule has 0 radical (unpaired) electrons. The topological polar surface area (TPSA) is 102 Å². The van der Waals surface area contributed by atoms with Gasteiger partial charge in [0.25, 0.3) is 0 Å². The van der Waals surface area contributed by atoms with Gasteiger partial charge < -0.3 is 20.4 Å². The summed E-state index contributed by atoms with van der Waals surface area (Å²) in [6, 6.07) is 3.52. The molecule has 1 aromatic rings. The van der Waals surface area contributed by atoms with Crippen molar-refractivity contribution in [1.82, 2.24) is 4.90 Å². The Kier molecular flexibility index (Phi) is 5.65. The number of carbonyl (C=O) groups is 1. The maximum absolute atomic E-state index is 12.6. The van der Waals surface area contributed by atoms with Crippen molar-refractivity contribution >= 4 is 30.6 Å². The van der Waals surface area contributed by atoms with E-state index < -0.39 is 17.1 Å². The number of ether oxygens (including phenoxy) is 1. The van der Waals surface area contributed by atoms with Crippen LogP contribution in [0.5, 0.6) is 11.5 Å². The molecule has 1 spiro atoms. The van der Waals surface area contributed by atoms with Crippen molar-refractivity contribution in [2.75, 3.05) is 13.1 Å². The van der Waals surface area contributed by atoms with E-state index >= 15 is 0 Å². The van der Waals surface area contributed by atoms with Gasteiger partial charge in [0.1, 0.15) is 0 Å². The third-order valence-electron chi connectivity index (χ3n) is 6.73. The number of carbonyl (C=O) groups excluding carboxylic acids is 1. The van der Waals surface area contributed by atoms with Crippen LogP contribution >= 0.6 is 24.8 Å². The molecule has 2 fully saturated rings. The van der Waals surface area contributed by atoms with Crippen molar-refractivity contribution < 1.29 is 25.2 Å². The molecular weight excluding hydrogens is 393 g/mol. The lowest BCUT2D eigenvalue weighted by Gasteiger charge is -2.62. The SMILES string of the molecule is C=CCN1CC[C@]23c4c5ccc(O)c4O[C@H]2C(=O)CC[C@@]3(O)[C@H]1C5.Cl.Cl.O. The normalized spacial score (nSPS) is 34.9. The van der Waals surface area contributed by atoms with Gasteiger partial charge in [0.2, 0.25) is 0 Å². The van der Waals surface area contributed by atoms with Gasteiger partial charge in [-0.2, -0.15) is 0 Å². The number of nitrogens with zero attached hydrogens (tertiary/aromatic N) is 1. The van der Waals surface area contributed by atoms with Crippen LogP contribution in [-0.2, 0) is 16.6 Å². The Morgan fingerprint density at radius 1 is 1.33 bits per heavy atom. The van der Waals surface area contributed by atoms with Crippen molar-refractivity contribution in [1.29, 1.82) is 0 Å². The molecule has 4 atom stereocenters. The number of aromatic hydroxyl groups is 1. The molecule has 1 aromatic carbocycles. The first-order valence-corrected chi connectivity index (χ1v) is 8.65. The van der Waals surface area contributed by atoms with Crippen molar-refractivity contribution in [3.63, 3.8) is 0 Å². The van der Waals surface area contributed by atoms with Gasteiger partial charge in [-0.1, -0.05) is 12.1 Å². The molecule has 0 amide bonds. The molecule has 8 heteroatoms. The molecule has 4 aliphatic rings. The third kappa shape index (κ3) is 2.34. The lowest BCUT2D eigenvalue weighted by atomic mass is 9.49. The lowest BCUT2D eigenvalue weighted by molar-refractivity contribution is -0.187. The van der Waals surface area contributed by atoms with E-state index in [-0.39, 0.29) is 47.9 Å². The number of Topliss-reactive ketones (excluding diaryl/α,β-unsaturated/α-hetero) is 1. The second-order valence-corrected chi connectivity index (χ2v) is 7.56. The predicted molar refractivity (Wildman–Crippen MR) is 105 cm³/mol. The average Bonchev–Trinajstić information content (AvgIpc) is 2.91. The molecule has 1 saturated carbocycles. The molecule has 150 valence electrons. The van der Waals surface area contributed by atoms with Crippen LogP contribution in [0, 0.1) is 0 Å². The van der Waals surface area contributed by atoms with Crippen LogP contribution in [-0.4, -0.2) is 57.2 Å². The molecule has 0 aromatic heterocycles. The van der Waals surface area contributed by atoms with Crippen molar-refractivity contribution in [3.05, 3.63) is 35.9 Å². The molecule has 27 heavy (non-hydrogen) atoms. The lowest BCUT2D eigenvalue weighted by Crippen LogP contribution is -2.76. The molecule has 2 bridgehead atoms. The first-order valence-electron chi connectivity index (χ1n) is 8.65. The number of rotatable bonds is 2. The van der Waals surface area contributed by atoms with E-state index in [0.717, 1.165) is 24.2 Å². The standard InChI is InChI=1S/C19H21NO4.2ClH.H2O/c1-2-8-20-9-7-18-15-11-3-4-12(21)16(15)24-17(18)13(22)5-6-19(18,23)14(20)10-11;;;/h2-4,14,17,21,23H,1,5-10H2;2*1H;1H2/t14-,17+,18+,19-;;;/m1.../s1. The van der Waals surface area contributed by atoms with Crippen LogP contribution in [0.15, 0.2) is 24.8 Å². The highest BCUT2D eigenvalue weighted by Crippen LogP contribution is 2.64. The molecule has 1 saturated heterocycles. The summed E-state index contributed by atoms with van der Waals surface area (Å²) in [5, 5.41) is 22.1. The van der Waals surface area contributed by atoms with E-state index in [1.165, 1.54) is 0 Å². The van der Waals surface area contributed by atoms with E-state index in [1.54, 1.807) is 6.07 Å². The van der Waals surface area contributed by atoms with Crippen molar-refractivity contribution in [2.45, 2.75) is 48.8 Å². The minimum absolute atomic E-state index is 0. The van der Waals surface area contributed by atoms with E-state index in [2.05, 4.69) is 11.5 Å². The number of piperidine rings is 1. The van der Waals surface area contributed by atoms with Gasteiger partial charge in [-0.25, -0.2) is 0 Å². The summed E-state index contributed by atoms with van der Waals surface area (Å²) >= 11 is 0. The highest BCUT2D eigenvalue weighted by Gasteiger charge is 2.72. The van der Waals surface area contributed by atoms with Crippen LogP contribution < -0.4 is 4.74 Å². The Labute approximate surface area is 170 Å². The van der Waals surface area contributed by atoms with Gasteiger partial charge >= 0.3 is 0 Å². The molecule has 4 N–H and O–H groups in total. The fourth-order valence-corrected chi connectivity index (χ4v) is 5.80. The van der Waals surface area contributed by atoms with Gasteiger partial charge in [0, 0.05) is 31.1 Å². The number of halogens is 2. The van der Waals surface area contributed by atoms with Gasteiger partial charge in [0.05, 0.1) is 11.0 Å². The number of aliphatic hydroxyl groups is 1. The summed E-state index contributed by atoms with van der Waals surface area (Å²) in [5.41, 5.74) is 0.256. The second-order valence-electron chi connectivity index (χ2n) is 7.56. The van der Waals surface area contributed by atoms with Gasteiger partial charge in [-0.15, -0.1) is 31.4 Å². The zero-order chi connectivity index (χ0) is 16.7. The van der Waals surface area contributed by atoms with E-state index in [9.17, 15) is 15.0 Å².